The first-order chi connectivity index (χ1) is 7.17. The van der Waals surface area contributed by atoms with Crippen LogP contribution in [0, 0.1) is 11.3 Å². The highest BCUT2D eigenvalue weighted by atomic mass is 16.2. The van der Waals surface area contributed by atoms with Gasteiger partial charge in [0.05, 0.1) is 5.41 Å². The van der Waals surface area contributed by atoms with Crippen molar-refractivity contribution in [3.63, 3.8) is 0 Å². The molecule has 15 heavy (non-hydrogen) atoms. The van der Waals surface area contributed by atoms with Crippen LogP contribution in [0.3, 0.4) is 0 Å². The minimum Gasteiger partial charge on any atom is -0.356 e. The van der Waals surface area contributed by atoms with E-state index in [1.54, 1.807) is 0 Å². The standard InChI is InChI=1S/C13H25NO/c1-4-11(3)13(12(15)14-5-2)9-7-6-8-10-13/h11H,4-10H2,1-3H3,(H,14,15). The lowest BCUT2D eigenvalue weighted by Gasteiger charge is -2.40. The zero-order chi connectivity index (χ0) is 11.3. The molecule has 1 fully saturated rings. The van der Waals surface area contributed by atoms with E-state index in [2.05, 4.69) is 19.2 Å². The maximum Gasteiger partial charge on any atom is 0.226 e. The number of nitrogens with one attached hydrogen (secondary N) is 1. The van der Waals surface area contributed by atoms with Crippen LogP contribution in [-0.4, -0.2) is 12.5 Å². The Bertz CT molecular complexity index is 207. The van der Waals surface area contributed by atoms with Gasteiger partial charge in [-0.1, -0.05) is 39.5 Å². The van der Waals surface area contributed by atoms with E-state index in [0.717, 1.165) is 25.8 Å². The molecular weight excluding hydrogens is 186 g/mol. The third kappa shape index (κ3) is 2.53. The van der Waals surface area contributed by atoms with Crippen molar-refractivity contribution in [2.45, 2.75) is 59.3 Å². The Kier molecular flexibility index (Phi) is 4.62. The van der Waals surface area contributed by atoms with E-state index in [1.165, 1.54) is 19.3 Å². The van der Waals surface area contributed by atoms with Crippen molar-refractivity contribution in [2.75, 3.05) is 6.54 Å². The predicted molar refractivity (Wildman–Crippen MR) is 63.7 cm³/mol. The summed E-state index contributed by atoms with van der Waals surface area (Å²) in [5.41, 5.74) is -0.0526. The molecule has 0 aliphatic heterocycles. The van der Waals surface area contributed by atoms with E-state index in [9.17, 15) is 4.79 Å². The molecule has 0 aromatic rings. The molecule has 88 valence electrons. The molecule has 0 spiro atoms. The molecular formula is C13H25NO. The molecule has 2 heteroatoms. The second-order valence-corrected chi connectivity index (χ2v) is 4.89. The molecule has 1 N–H and O–H groups in total. The SMILES string of the molecule is CCNC(=O)C1(C(C)CC)CCCCC1. The first-order valence-electron chi connectivity index (χ1n) is 6.45. The molecule has 1 amide bonds. The molecule has 1 rings (SSSR count). The average molecular weight is 211 g/mol. The Labute approximate surface area is 93.8 Å². The van der Waals surface area contributed by atoms with Gasteiger partial charge >= 0.3 is 0 Å². The minimum absolute atomic E-state index is 0.0526. The van der Waals surface area contributed by atoms with Crippen LogP contribution in [0.2, 0.25) is 0 Å². The van der Waals surface area contributed by atoms with Crippen LogP contribution in [0.4, 0.5) is 0 Å². The van der Waals surface area contributed by atoms with Crippen molar-refractivity contribution in [1.82, 2.24) is 5.32 Å². The molecule has 0 saturated heterocycles. The van der Waals surface area contributed by atoms with Crippen molar-refractivity contribution in [1.29, 1.82) is 0 Å². The summed E-state index contributed by atoms with van der Waals surface area (Å²) in [7, 11) is 0. The lowest BCUT2D eigenvalue weighted by Crippen LogP contribution is -2.46. The highest BCUT2D eigenvalue weighted by molar-refractivity contribution is 5.83. The van der Waals surface area contributed by atoms with E-state index in [-0.39, 0.29) is 5.41 Å². The number of carbonyl (C=O) groups excluding carboxylic acids is 1. The summed E-state index contributed by atoms with van der Waals surface area (Å²) in [5, 5.41) is 3.03. The minimum atomic E-state index is -0.0526. The van der Waals surface area contributed by atoms with Crippen LogP contribution < -0.4 is 5.32 Å². The van der Waals surface area contributed by atoms with Crippen molar-refractivity contribution in [3.8, 4) is 0 Å². The number of amides is 1. The maximum atomic E-state index is 12.2. The molecule has 1 saturated carbocycles. The van der Waals surface area contributed by atoms with Gasteiger partial charge in [-0.2, -0.15) is 0 Å². The molecule has 0 bridgehead atoms. The molecule has 0 radical (unpaired) electrons. The van der Waals surface area contributed by atoms with Gasteiger partial charge < -0.3 is 5.32 Å². The smallest absolute Gasteiger partial charge is 0.226 e. The third-order valence-corrected chi connectivity index (χ3v) is 4.09. The van der Waals surface area contributed by atoms with E-state index < -0.39 is 0 Å². The van der Waals surface area contributed by atoms with E-state index in [0.29, 0.717) is 11.8 Å². The van der Waals surface area contributed by atoms with Gasteiger partial charge in [-0.05, 0) is 25.7 Å². The maximum absolute atomic E-state index is 12.2. The topological polar surface area (TPSA) is 29.1 Å². The number of hydrogen-bond donors (Lipinski definition) is 1. The van der Waals surface area contributed by atoms with E-state index >= 15 is 0 Å². The fourth-order valence-corrected chi connectivity index (χ4v) is 2.85. The van der Waals surface area contributed by atoms with Gasteiger partial charge in [0.2, 0.25) is 5.91 Å². The van der Waals surface area contributed by atoms with Crippen LogP contribution in [-0.2, 0) is 4.79 Å². The molecule has 2 nitrogen and oxygen atoms in total. The van der Waals surface area contributed by atoms with E-state index in [4.69, 9.17) is 0 Å². The Morgan fingerprint density at radius 2 is 1.87 bits per heavy atom. The monoisotopic (exact) mass is 211 g/mol. The fraction of sp³-hybridized carbons (Fsp3) is 0.923. The summed E-state index contributed by atoms with van der Waals surface area (Å²) < 4.78 is 0. The Morgan fingerprint density at radius 1 is 1.27 bits per heavy atom. The Morgan fingerprint density at radius 3 is 2.33 bits per heavy atom. The Balaban J connectivity index is 2.79. The lowest BCUT2D eigenvalue weighted by atomic mass is 9.65. The van der Waals surface area contributed by atoms with Gasteiger partial charge in [0.25, 0.3) is 0 Å². The van der Waals surface area contributed by atoms with Gasteiger partial charge in [0, 0.05) is 6.54 Å². The number of hydrogen-bond acceptors (Lipinski definition) is 1. The van der Waals surface area contributed by atoms with E-state index in [1.807, 2.05) is 6.92 Å². The van der Waals surface area contributed by atoms with Gasteiger partial charge in [-0.3, -0.25) is 4.79 Å². The predicted octanol–water partition coefficient (Wildman–Crippen LogP) is 3.12. The second-order valence-electron chi connectivity index (χ2n) is 4.89. The summed E-state index contributed by atoms with van der Waals surface area (Å²) in [5.74, 6) is 0.823. The first kappa shape index (κ1) is 12.5. The normalized spacial score (nSPS) is 22.1. The third-order valence-electron chi connectivity index (χ3n) is 4.09. The van der Waals surface area contributed by atoms with Crippen molar-refractivity contribution >= 4 is 5.91 Å². The molecule has 0 heterocycles. The summed E-state index contributed by atoms with van der Waals surface area (Å²) in [4.78, 5) is 12.2. The molecule has 1 aliphatic rings. The van der Waals surface area contributed by atoms with Crippen LogP contribution in [0.5, 0.6) is 0 Å². The zero-order valence-electron chi connectivity index (χ0n) is 10.4. The Hall–Kier alpha value is -0.530. The fourth-order valence-electron chi connectivity index (χ4n) is 2.85. The van der Waals surface area contributed by atoms with Crippen LogP contribution in [0.1, 0.15) is 59.3 Å². The lowest BCUT2D eigenvalue weighted by molar-refractivity contribution is -0.136. The average Bonchev–Trinajstić information content (AvgIpc) is 2.29. The van der Waals surface area contributed by atoms with Gasteiger partial charge in [-0.25, -0.2) is 0 Å². The van der Waals surface area contributed by atoms with Crippen LogP contribution in [0.15, 0.2) is 0 Å². The summed E-state index contributed by atoms with van der Waals surface area (Å²) >= 11 is 0. The molecule has 1 aliphatic carbocycles. The summed E-state index contributed by atoms with van der Waals surface area (Å²) in [6.45, 7) is 7.20. The number of carbonyl (C=O) groups is 1. The molecule has 0 aromatic heterocycles. The van der Waals surface area contributed by atoms with Crippen LogP contribution in [0.25, 0.3) is 0 Å². The van der Waals surface area contributed by atoms with Crippen molar-refractivity contribution in [2.24, 2.45) is 11.3 Å². The second kappa shape index (κ2) is 5.53. The highest BCUT2D eigenvalue weighted by Crippen LogP contribution is 2.44. The number of rotatable bonds is 4. The van der Waals surface area contributed by atoms with Gasteiger partial charge in [-0.15, -0.1) is 0 Å². The largest absolute Gasteiger partial charge is 0.356 e. The van der Waals surface area contributed by atoms with Crippen molar-refractivity contribution < 1.29 is 4.79 Å². The quantitative estimate of drug-likeness (QED) is 0.760. The zero-order valence-corrected chi connectivity index (χ0v) is 10.4. The first-order valence-corrected chi connectivity index (χ1v) is 6.45. The molecule has 1 unspecified atom stereocenters. The van der Waals surface area contributed by atoms with Gasteiger partial charge in [0.1, 0.15) is 0 Å². The molecule has 1 atom stereocenters. The van der Waals surface area contributed by atoms with Crippen molar-refractivity contribution in [3.05, 3.63) is 0 Å². The summed E-state index contributed by atoms with van der Waals surface area (Å²) in [6, 6.07) is 0. The van der Waals surface area contributed by atoms with Gasteiger partial charge in [0.15, 0.2) is 0 Å². The molecule has 0 aromatic carbocycles. The van der Waals surface area contributed by atoms with Crippen LogP contribution >= 0.6 is 0 Å². The highest BCUT2D eigenvalue weighted by Gasteiger charge is 2.42. The summed E-state index contributed by atoms with van der Waals surface area (Å²) in [6.07, 6.45) is 7.04.